The van der Waals surface area contributed by atoms with Gasteiger partial charge in [-0.2, -0.15) is 0 Å². The van der Waals surface area contributed by atoms with Crippen LogP contribution in [0.15, 0.2) is 66.7 Å². The summed E-state index contributed by atoms with van der Waals surface area (Å²) in [5, 5.41) is 11.1. The van der Waals surface area contributed by atoms with Crippen LogP contribution in [0.4, 0.5) is 0 Å². The minimum absolute atomic E-state index is 0.115. The van der Waals surface area contributed by atoms with Crippen molar-refractivity contribution in [3.63, 3.8) is 0 Å². The van der Waals surface area contributed by atoms with Gasteiger partial charge >= 0.3 is 0 Å². The summed E-state index contributed by atoms with van der Waals surface area (Å²) >= 11 is 14.2. The molecule has 216 valence electrons. The number of ether oxygens (including phenoxy) is 1. The highest BCUT2D eigenvalue weighted by Gasteiger charge is 2.21. The molecule has 0 spiro atoms. The molecule has 3 N–H and O–H groups in total. The zero-order valence-corrected chi connectivity index (χ0v) is 25.1. The van der Waals surface area contributed by atoms with Crippen molar-refractivity contribution in [1.82, 2.24) is 20.9 Å². The van der Waals surface area contributed by atoms with E-state index >= 15 is 0 Å². The molecule has 6 rings (SSSR count). The molecule has 1 saturated heterocycles. The maximum atomic E-state index is 11.5. The number of nitrogens with one attached hydrogen (secondary N) is 3. The number of carbonyl (C=O) groups excluding carboxylic acids is 1. The molecule has 0 unspecified atom stereocenters. The van der Waals surface area contributed by atoms with Crippen molar-refractivity contribution in [3.05, 3.63) is 93.5 Å². The van der Waals surface area contributed by atoms with Gasteiger partial charge in [-0.1, -0.05) is 83.9 Å². The largest absolute Gasteiger partial charge is 0.481 e. The molecule has 3 aromatic carbocycles. The Balaban J connectivity index is 1.27. The molecule has 3 heterocycles. The van der Waals surface area contributed by atoms with Gasteiger partial charge in [0, 0.05) is 59.9 Å². The summed E-state index contributed by atoms with van der Waals surface area (Å²) in [6, 6.07) is 22.8. The van der Waals surface area contributed by atoms with Gasteiger partial charge in [0.1, 0.15) is 0 Å². The van der Waals surface area contributed by atoms with E-state index in [1.54, 1.807) is 7.11 Å². The quantitative estimate of drug-likeness (QED) is 0.207. The number of methoxy groups -OCH3 is 1. The maximum absolute atomic E-state index is 11.5. The van der Waals surface area contributed by atoms with Crippen LogP contribution in [0, 0.1) is 0 Å². The highest BCUT2D eigenvalue weighted by molar-refractivity contribution is 6.39. The minimum Gasteiger partial charge on any atom is -0.481 e. The van der Waals surface area contributed by atoms with Crippen LogP contribution >= 0.6 is 23.2 Å². The van der Waals surface area contributed by atoms with Crippen molar-refractivity contribution in [2.75, 3.05) is 20.2 Å². The lowest BCUT2D eigenvalue weighted by Crippen LogP contribution is -2.35. The summed E-state index contributed by atoms with van der Waals surface area (Å²) in [4.78, 5) is 16.3. The van der Waals surface area contributed by atoms with Crippen molar-refractivity contribution >= 4 is 29.1 Å². The maximum Gasteiger partial charge on any atom is 0.220 e. The lowest BCUT2D eigenvalue weighted by molar-refractivity contribution is -0.119. The molecular formula is C34H34Cl2N4O2. The monoisotopic (exact) mass is 600 g/mol. The summed E-state index contributed by atoms with van der Waals surface area (Å²) in [6.07, 6.45) is 3.63. The van der Waals surface area contributed by atoms with Crippen LogP contribution in [-0.2, 0) is 24.3 Å². The first-order chi connectivity index (χ1) is 20.5. The van der Waals surface area contributed by atoms with Crippen LogP contribution in [-0.4, -0.2) is 37.1 Å². The number of amides is 1. The van der Waals surface area contributed by atoms with Crippen molar-refractivity contribution in [2.24, 2.45) is 0 Å². The Morgan fingerprint density at radius 2 is 1.69 bits per heavy atom. The average molecular weight is 602 g/mol. The zero-order valence-electron chi connectivity index (χ0n) is 23.6. The zero-order chi connectivity index (χ0) is 29.1. The predicted molar refractivity (Wildman–Crippen MR) is 170 cm³/mol. The van der Waals surface area contributed by atoms with Crippen LogP contribution < -0.4 is 20.7 Å². The first-order valence-corrected chi connectivity index (χ1v) is 15.2. The Kier molecular flexibility index (Phi) is 8.77. The summed E-state index contributed by atoms with van der Waals surface area (Å²) < 4.78 is 5.64. The highest BCUT2D eigenvalue weighted by Crippen LogP contribution is 2.42. The van der Waals surface area contributed by atoms with Crippen LogP contribution in [0.25, 0.3) is 33.5 Å². The normalized spacial score (nSPS) is 16.5. The third-order valence-electron chi connectivity index (χ3n) is 8.12. The molecule has 6 nitrogen and oxygen atoms in total. The van der Waals surface area contributed by atoms with Crippen molar-refractivity contribution in [3.8, 4) is 39.4 Å². The molecule has 1 aromatic heterocycles. The molecule has 8 heteroatoms. The van der Waals surface area contributed by atoms with Crippen molar-refractivity contribution < 1.29 is 9.53 Å². The van der Waals surface area contributed by atoms with Gasteiger partial charge in [0.05, 0.1) is 22.8 Å². The summed E-state index contributed by atoms with van der Waals surface area (Å²) in [6.45, 7) is 3.23. The summed E-state index contributed by atoms with van der Waals surface area (Å²) in [5.41, 5.74) is 9.02. The van der Waals surface area contributed by atoms with E-state index in [-0.39, 0.29) is 11.9 Å². The molecule has 0 saturated carbocycles. The fraction of sp³-hybridized carbons (Fsp3) is 0.294. The molecule has 2 aliphatic heterocycles. The number of hydrogen-bond acceptors (Lipinski definition) is 5. The second-order valence-electron chi connectivity index (χ2n) is 10.9. The first kappa shape index (κ1) is 28.7. The fourth-order valence-corrected chi connectivity index (χ4v) is 6.53. The summed E-state index contributed by atoms with van der Waals surface area (Å²) in [7, 11) is 1.62. The molecule has 4 aromatic rings. The second-order valence-corrected chi connectivity index (χ2v) is 11.7. The lowest BCUT2D eigenvalue weighted by atomic mass is 9.94. The van der Waals surface area contributed by atoms with Gasteiger partial charge in [-0.15, -0.1) is 0 Å². The van der Waals surface area contributed by atoms with Crippen LogP contribution in [0.3, 0.4) is 0 Å². The number of nitrogens with zero attached hydrogens (tertiary/aromatic N) is 1. The molecule has 1 fully saturated rings. The topological polar surface area (TPSA) is 75.3 Å². The average Bonchev–Trinajstić information content (AvgIpc) is 3.27. The Hall–Kier alpha value is -3.42. The van der Waals surface area contributed by atoms with Gasteiger partial charge < -0.3 is 20.7 Å². The molecule has 2 aliphatic rings. The molecule has 0 bridgehead atoms. The number of aromatic nitrogens is 1. The summed E-state index contributed by atoms with van der Waals surface area (Å²) in [5.74, 6) is 0.652. The van der Waals surface area contributed by atoms with Crippen molar-refractivity contribution in [2.45, 2.75) is 44.8 Å². The number of benzene rings is 3. The third kappa shape index (κ3) is 6.04. The lowest BCUT2D eigenvalue weighted by Gasteiger charge is -2.16. The van der Waals surface area contributed by atoms with Crippen molar-refractivity contribution in [1.29, 1.82) is 0 Å². The third-order valence-corrected chi connectivity index (χ3v) is 8.93. The number of pyridine rings is 1. The van der Waals surface area contributed by atoms with E-state index in [2.05, 4.69) is 40.2 Å². The van der Waals surface area contributed by atoms with Crippen LogP contribution in [0.2, 0.25) is 10.0 Å². The molecule has 0 radical (unpaired) electrons. The second kappa shape index (κ2) is 12.8. The number of aryl methyl sites for hydroxylation is 1. The Morgan fingerprint density at radius 3 is 2.45 bits per heavy atom. The Bertz CT molecular complexity index is 1620. The van der Waals surface area contributed by atoms with E-state index in [0.717, 1.165) is 71.4 Å². The molecule has 1 atom stereocenters. The SMILES string of the molecule is COc1nc(-c2cccc(-c3cccc(-c4ccc5c(c4)CCCNC5)c3Cl)c2Cl)ccc1CNC[C@@H]1CCC(=O)N1. The number of carbonyl (C=O) groups is 1. The standard InChI is InChI=1S/C34H34Cl2N4O2/c1-42-34-24(19-38-20-25-13-15-31(41)39-25)12-14-30(40-34)29-9-3-8-28(33(29)36)27-7-2-6-26(32(27)35)22-10-11-23-18-37-16-4-5-21(23)17-22/h2-3,6-12,14,17,25,37-38H,4-5,13,15-16,18-20H2,1H3,(H,39,41)/t25-/m0/s1. The van der Waals surface area contributed by atoms with Gasteiger partial charge in [-0.25, -0.2) is 4.98 Å². The highest BCUT2D eigenvalue weighted by atomic mass is 35.5. The van der Waals surface area contributed by atoms with E-state index in [1.807, 2.05) is 42.5 Å². The first-order valence-electron chi connectivity index (χ1n) is 14.5. The van der Waals surface area contributed by atoms with E-state index in [0.29, 0.717) is 35.4 Å². The fourth-order valence-electron chi connectivity index (χ4n) is 5.87. The van der Waals surface area contributed by atoms with Gasteiger partial charge in [-0.05, 0) is 48.6 Å². The van der Waals surface area contributed by atoms with E-state index in [9.17, 15) is 4.79 Å². The Labute approximate surface area is 256 Å². The molecule has 1 amide bonds. The van der Waals surface area contributed by atoms with E-state index < -0.39 is 0 Å². The Morgan fingerprint density at radius 1 is 0.929 bits per heavy atom. The van der Waals surface area contributed by atoms with Crippen LogP contribution in [0.5, 0.6) is 5.88 Å². The predicted octanol–water partition coefficient (Wildman–Crippen LogP) is 6.80. The molecular weight excluding hydrogens is 567 g/mol. The smallest absolute Gasteiger partial charge is 0.220 e. The van der Waals surface area contributed by atoms with Gasteiger partial charge in [0.2, 0.25) is 11.8 Å². The van der Waals surface area contributed by atoms with Crippen LogP contribution in [0.1, 0.15) is 36.0 Å². The number of fused-ring (bicyclic) bond motifs is 1. The van der Waals surface area contributed by atoms with E-state index in [4.69, 9.17) is 32.9 Å². The molecule has 42 heavy (non-hydrogen) atoms. The van der Waals surface area contributed by atoms with E-state index in [1.165, 1.54) is 11.1 Å². The van der Waals surface area contributed by atoms with Gasteiger partial charge in [-0.3, -0.25) is 4.79 Å². The van der Waals surface area contributed by atoms with Gasteiger partial charge in [0.25, 0.3) is 0 Å². The van der Waals surface area contributed by atoms with Gasteiger partial charge in [0.15, 0.2) is 0 Å². The molecule has 0 aliphatic carbocycles. The number of hydrogen-bond donors (Lipinski definition) is 3. The number of halogens is 2. The minimum atomic E-state index is 0.115. The number of rotatable bonds is 8.